The van der Waals surface area contributed by atoms with Crippen molar-refractivity contribution in [3.05, 3.63) is 71.6 Å². The number of nitrogen functional groups attached to an aromatic ring is 1. The van der Waals surface area contributed by atoms with E-state index in [1.165, 1.54) is 37.8 Å². The lowest BCUT2D eigenvalue weighted by atomic mass is 9.96. The van der Waals surface area contributed by atoms with Crippen molar-refractivity contribution in [3.63, 3.8) is 0 Å². The van der Waals surface area contributed by atoms with E-state index in [1.807, 2.05) is 0 Å². The van der Waals surface area contributed by atoms with Gasteiger partial charge < -0.3 is 31.2 Å². The summed E-state index contributed by atoms with van der Waals surface area (Å²) in [4.78, 5) is 33.7. The van der Waals surface area contributed by atoms with Crippen molar-refractivity contribution in [3.8, 4) is 5.75 Å². The number of carbonyl (C=O) groups is 2. The topological polar surface area (TPSA) is 140 Å². The summed E-state index contributed by atoms with van der Waals surface area (Å²) in [7, 11) is 1.48. The molecule has 1 atom stereocenters. The lowest BCUT2D eigenvalue weighted by Gasteiger charge is -2.27. The van der Waals surface area contributed by atoms with Crippen molar-refractivity contribution in [2.75, 3.05) is 31.4 Å². The molecule has 2 amide bonds. The van der Waals surface area contributed by atoms with E-state index < -0.39 is 29.8 Å². The number of amides is 2. The SMILES string of the molecule is COc1ccc(Nc2cnc(CNC(=O)[C@]3(NC(=O)c4cncc(N)c4)CCOC3)c(F)c2)c(CF)c1. The third-order valence-electron chi connectivity index (χ3n) is 5.90. The number of halogens is 2. The number of anilines is 3. The van der Waals surface area contributed by atoms with Crippen LogP contribution in [0.25, 0.3) is 0 Å². The molecule has 0 aliphatic carbocycles. The van der Waals surface area contributed by atoms with Crippen molar-refractivity contribution in [2.24, 2.45) is 0 Å². The van der Waals surface area contributed by atoms with E-state index in [-0.39, 0.29) is 37.4 Å². The van der Waals surface area contributed by atoms with Gasteiger partial charge in [-0.05, 0) is 24.3 Å². The van der Waals surface area contributed by atoms with Crippen LogP contribution in [-0.2, 0) is 22.8 Å². The zero-order chi connectivity index (χ0) is 26.4. The van der Waals surface area contributed by atoms with Gasteiger partial charge in [-0.2, -0.15) is 0 Å². The molecule has 12 heteroatoms. The number of nitrogens with one attached hydrogen (secondary N) is 3. The molecule has 4 rings (SSSR count). The lowest BCUT2D eigenvalue weighted by Crippen LogP contribution is -2.59. The number of rotatable bonds is 9. The Morgan fingerprint density at radius 3 is 2.73 bits per heavy atom. The van der Waals surface area contributed by atoms with Gasteiger partial charge in [-0.3, -0.25) is 19.6 Å². The molecule has 0 bridgehead atoms. The molecule has 37 heavy (non-hydrogen) atoms. The Kier molecular flexibility index (Phi) is 7.77. The van der Waals surface area contributed by atoms with E-state index >= 15 is 0 Å². The van der Waals surface area contributed by atoms with Crippen LogP contribution < -0.4 is 26.4 Å². The number of benzene rings is 1. The summed E-state index contributed by atoms with van der Waals surface area (Å²) >= 11 is 0. The number of alkyl halides is 1. The number of methoxy groups -OCH3 is 1. The first-order chi connectivity index (χ1) is 17.8. The standard InChI is InChI=1S/C25H26F2N6O4/c1-36-19-2-3-21(15(7-19)9-26)32-18-8-20(27)22(30-12-18)13-31-24(35)25(4-5-37-14-25)33-23(34)16-6-17(28)11-29-10-16/h2-3,6-8,10-12,32H,4-5,9,13-14,28H2,1H3,(H,31,35)(H,33,34)/t25-/m0/s1. The number of hydrogen-bond donors (Lipinski definition) is 4. The van der Waals surface area contributed by atoms with E-state index in [9.17, 15) is 18.4 Å². The predicted molar refractivity (Wildman–Crippen MR) is 131 cm³/mol. The van der Waals surface area contributed by atoms with Gasteiger partial charge in [-0.25, -0.2) is 8.78 Å². The van der Waals surface area contributed by atoms with Gasteiger partial charge >= 0.3 is 0 Å². The third kappa shape index (κ3) is 5.92. The van der Waals surface area contributed by atoms with Crippen LogP contribution in [0, 0.1) is 5.82 Å². The zero-order valence-corrected chi connectivity index (χ0v) is 20.0. The van der Waals surface area contributed by atoms with Crippen molar-refractivity contribution >= 4 is 28.9 Å². The Labute approximate surface area is 211 Å². The van der Waals surface area contributed by atoms with Crippen molar-refractivity contribution < 1.29 is 27.8 Å². The Bertz CT molecular complexity index is 1300. The van der Waals surface area contributed by atoms with Gasteiger partial charge in [0, 0.05) is 42.7 Å². The maximum absolute atomic E-state index is 14.8. The molecule has 1 aliphatic rings. The second-order valence-electron chi connectivity index (χ2n) is 8.46. The summed E-state index contributed by atoms with van der Waals surface area (Å²) in [6, 6.07) is 7.46. The number of carbonyl (C=O) groups excluding carboxylic acids is 2. The van der Waals surface area contributed by atoms with Crippen LogP contribution >= 0.6 is 0 Å². The quantitative estimate of drug-likeness (QED) is 0.343. The van der Waals surface area contributed by atoms with Gasteiger partial charge in [-0.15, -0.1) is 0 Å². The molecule has 1 aliphatic heterocycles. The molecule has 1 saturated heterocycles. The Morgan fingerprint density at radius 2 is 2.05 bits per heavy atom. The minimum atomic E-state index is -1.34. The molecule has 194 valence electrons. The van der Waals surface area contributed by atoms with Crippen LogP contribution in [0.1, 0.15) is 28.0 Å². The van der Waals surface area contributed by atoms with Crippen LogP contribution in [0.5, 0.6) is 5.75 Å². The van der Waals surface area contributed by atoms with Crippen LogP contribution in [0.2, 0.25) is 0 Å². The highest BCUT2D eigenvalue weighted by molar-refractivity contribution is 5.99. The van der Waals surface area contributed by atoms with Crippen molar-refractivity contribution in [1.82, 2.24) is 20.6 Å². The van der Waals surface area contributed by atoms with Gasteiger partial charge in [0.15, 0.2) is 0 Å². The van der Waals surface area contributed by atoms with Gasteiger partial charge in [-0.1, -0.05) is 0 Å². The molecule has 3 heterocycles. The first-order valence-electron chi connectivity index (χ1n) is 11.4. The van der Waals surface area contributed by atoms with Crippen LogP contribution in [0.4, 0.5) is 25.8 Å². The number of aromatic nitrogens is 2. The van der Waals surface area contributed by atoms with E-state index in [0.717, 1.165) is 0 Å². The zero-order valence-electron chi connectivity index (χ0n) is 20.0. The smallest absolute Gasteiger partial charge is 0.253 e. The highest BCUT2D eigenvalue weighted by Crippen LogP contribution is 2.27. The summed E-state index contributed by atoms with van der Waals surface area (Å²) in [5.41, 5.74) is 5.93. The van der Waals surface area contributed by atoms with Crippen LogP contribution in [0.3, 0.4) is 0 Å². The van der Waals surface area contributed by atoms with E-state index in [4.69, 9.17) is 15.2 Å². The predicted octanol–water partition coefficient (Wildman–Crippen LogP) is 2.62. The summed E-state index contributed by atoms with van der Waals surface area (Å²) < 4.78 is 38.7. The largest absolute Gasteiger partial charge is 0.497 e. The normalized spacial score (nSPS) is 16.7. The van der Waals surface area contributed by atoms with E-state index in [0.29, 0.717) is 28.4 Å². The van der Waals surface area contributed by atoms with Gasteiger partial charge in [0.2, 0.25) is 5.91 Å². The number of hydrogen-bond acceptors (Lipinski definition) is 8. The van der Waals surface area contributed by atoms with Crippen molar-refractivity contribution in [1.29, 1.82) is 0 Å². The van der Waals surface area contributed by atoms with Crippen molar-refractivity contribution in [2.45, 2.75) is 25.2 Å². The molecule has 1 aromatic carbocycles. The fourth-order valence-electron chi connectivity index (χ4n) is 3.85. The molecule has 0 radical (unpaired) electrons. The molecule has 1 fully saturated rings. The molecular formula is C25H26F2N6O4. The molecule has 5 N–H and O–H groups in total. The fraction of sp³-hybridized carbons (Fsp3) is 0.280. The fourth-order valence-corrected chi connectivity index (χ4v) is 3.85. The molecule has 10 nitrogen and oxygen atoms in total. The van der Waals surface area contributed by atoms with Crippen LogP contribution in [0.15, 0.2) is 48.9 Å². The number of nitrogens with two attached hydrogens (primary N) is 1. The summed E-state index contributed by atoms with van der Waals surface area (Å²) in [6.07, 6.45) is 4.35. The highest BCUT2D eigenvalue weighted by Gasteiger charge is 2.43. The summed E-state index contributed by atoms with van der Waals surface area (Å²) in [5, 5.41) is 8.27. The van der Waals surface area contributed by atoms with Gasteiger partial charge in [0.25, 0.3) is 5.91 Å². The van der Waals surface area contributed by atoms with Gasteiger partial charge in [0.1, 0.15) is 23.8 Å². The molecule has 0 spiro atoms. The summed E-state index contributed by atoms with van der Waals surface area (Å²) in [6.45, 7) is -0.740. The first-order valence-corrected chi connectivity index (χ1v) is 11.4. The molecule has 0 saturated carbocycles. The number of pyridine rings is 2. The molecule has 3 aromatic rings. The first kappa shape index (κ1) is 25.8. The number of ether oxygens (including phenoxy) is 2. The Hall–Kier alpha value is -4.32. The minimum Gasteiger partial charge on any atom is -0.497 e. The maximum Gasteiger partial charge on any atom is 0.253 e. The molecule has 2 aromatic heterocycles. The average Bonchev–Trinajstić information content (AvgIpc) is 3.38. The monoisotopic (exact) mass is 512 g/mol. The van der Waals surface area contributed by atoms with Gasteiger partial charge in [0.05, 0.1) is 49.1 Å². The third-order valence-corrected chi connectivity index (χ3v) is 5.90. The van der Waals surface area contributed by atoms with E-state index in [1.54, 1.807) is 18.2 Å². The Morgan fingerprint density at radius 1 is 1.22 bits per heavy atom. The second kappa shape index (κ2) is 11.2. The van der Waals surface area contributed by atoms with Crippen LogP contribution in [-0.4, -0.2) is 47.6 Å². The lowest BCUT2D eigenvalue weighted by molar-refractivity contribution is -0.127. The highest BCUT2D eigenvalue weighted by atomic mass is 19.1. The number of nitrogens with zero attached hydrogens (tertiary/aromatic N) is 2. The summed E-state index contributed by atoms with van der Waals surface area (Å²) in [5.74, 6) is -1.25. The molecular weight excluding hydrogens is 486 g/mol. The maximum atomic E-state index is 14.8. The molecule has 0 unspecified atom stereocenters. The minimum absolute atomic E-state index is 0.0141. The van der Waals surface area contributed by atoms with E-state index in [2.05, 4.69) is 25.9 Å². The Balaban J connectivity index is 1.42. The second-order valence-corrected chi connectivity index (χ2v) is 8.46. The average molecular weight is 513 g/mol.